The Balaban J connectivity index is 2.07. The number of carbonyl (C=O) groups excluding carboxylic acids is 1. The van der Waals surface area contributed by atoms with Crippen LogP contribution in [0.4, 0.5) is 0 Å². The minimum atomic E-state index is -0.0590. The third-order valence-electron chi connectivity index (χ3n) is 3.91. The monoisotopic (exact) mass is 294 g/mol. The summed E-state index contributed by atoms with van der Waals surface area (Å²) in [6.45, 7) is 5.57. The first-order valence-corrected chi connectivity index (χ1v) is 7.41. The van der Waals surface area contributed by atoms with Crippen molar-refractivity contribution in [3.05, 3.63) is 53.5 Å². The van der Waals surface area contributed by atoms with Crippen molar-refractivity contribution in [2.45, 2.75) is 33.2 Å². The van der Waals surface area contributed by atoms with Gasteiger partial charge in [-0.3, -0.25) is 9.78 Å². The SMILES string of the molecule is CCc1nnn(C(C)c2ccc3ncccc3c2)c1C(C)=O. The summed E-state index contributed by atoms with van der Waals surface area (Å²) >= 11 is 0. The van der Waals surface area contributed by atoms with E-state index in [0.717, 1.165) is 22.2 Å². The van der Waals surface area contributed by atoms with Gasteiger partial charge in [0.15, 0.2) is 5.78 Å². The van der Waals surface area contributed by atoms with Gasteiger partial charge in [0, 0.05) is 18.5 Å². The van der Waals surface area contributed by atoms with E-state index in [4.69, 9.17) is 0 Å². The number of pyridine rings is 1. The molecule has 1 atom stereocenters. The van der Waals surface area contributed by atoms with E-state index in [-0.39, 0.29) is 11.8 Å². The molecule has 0 radical (unpaired) electrons. The highest BCUT2D eigenvalue weighted by Crippen LogP contribution is 2.23. The zero-order valence-electron chi connectivity index (χ0n) is 12.9. The van der Waals surface area contributed by atoms with Crippen LogP contribution in [0.1, 0.15) is 48.6 Å². The van der Waals surface area contributed by atoms with Crippen molar-refractivity contribution in [2.24, 2.45) is 0 Å². The van der Waals surface area contributed by atoms with Gasteiger partial charge in [-0.25, -0.2) is 4.68 Å². The maximum absolute atomic E-state index is 11.9. The molecule has 5 heteroatoms. The van der Waals surface area contributed by atoms with Gasteiger partial charge in [0.1, 0.15) is 5.69 Å². The third-order valence-corrected chi connectivity index (χ3v) is 3.91. The van der Waals surface area contributed by atoms with Gasteiger partial charge in [-0.1, -0.05) is 24.3 Å². The number of hydrogen-bond donors (Lipinski definition) is 0. The van der Waals surface area contributed by atoms with E-state index in [9.17, 15) is 4.79 Å². The second kappa shape index (κ2) is 5.67. The molecule has 0 fully saturated rings. The van der Waals surface area contributed by atoms with E-state index in [2.05, 4.69) is 21.4 Å². The highest BCUT2D eigenvalue weighted by Gasteiger charge is 2.20. The molecule has 0 aliphatic carbocycles. The largest absolute Gasteiger partial charge is 0.293 e. The molecule has 0 saturated heterocycles. The Bertz CT molecular complexity index is 838. The molecule has 0 saturated carbocycles. The standard InChI is InChI=1S/C17H18N4O/c1-4-15-17(12(3)22)21(20-19-15)11(2)13-7-8-16-14(10-13)6-5-9-18-16/h5-11H,4H2,1-3H3. The van der Waals surface area contributed by atoms with E-state index >= 15 is 0 Å². The number of ketones is 1. The Morgan fingerprint density at radius 3 is 2.86 bits per heavy atom. The molecular weight excluding hydrogens is 276 g/mol. The fourth-order valence-electron chi connectivity index (χ4n) is 2.70. The minimum absolute atomic E-state index is 0.00356. The summed E-state index contributed by atoms with van der Waals surface area (Å²) < 4.78 is 1.72. The molecule has 0 amide bonds. The number of Topliss-reactive ketones (excluding diaryl/α,β-unsaturated/α-hetero) is 1. The number of rotatable bonds is 4. The third kappa shape index (κ3) is 2.39. The topological polar surface area (TPSA) is 60.7 Å². The molecule has 0 aliphatic rings. The average molecular weight is 294 g/mol. The summed E-state index contributed by atoms with van der Waals surface area (Å²) in [6.07, 6.45) is 2.48. The van der Waals surface area contributed by atoms with Crippen LogP contribution in [-0.2, 0) is 6.42 Å². The van der Waals surface area contributed by atoms with Gasteiger partial charge in [-0.15, -0.1) is 5.10 Å². The van der Waals surface area contributed by atoms with Crippen molar-refractivity contribution in [1.29, 1.82) is 0 Å². The van der Waals surface area contributed by atoms with Crippen LogP contribution in [0.25, 0.3) is 10.9 Å². The van der Waals surface area contributed by atoms with E-state index in [1.165, 1.54) is 0 Å². The quantitative estimate of drug-likeness (QED) is 0.693. The zero-order chi connectivity index (χ0) is 15.7. The molecule has 5 nitrogen and oxygen atoms in total. The lowest BCUT2D eigenvalue weighted by molar-refractivity contribution is 0.100. The van der Waals surface area contributed by atoms with Gasteiger partial charge in [0.2, 0.25) is 0 Å². The molecule has 0 aliphatic heterocycles. The predicted octanol–water partition coefficient (Wildman–Crippen LogP) is 3.20. The van der Waals surface area contributed by atoms with E-state index in [1.54, 1.807) is 17.8 Å². The summed E-state index contributed by atoms with van der Waals surface area (Å²) in [5.41, 5.74) is 3.39. The average Bonchev–Trinajstić information content (AvgIpc) is 2.98. The molecule has 3 aromatic rings. The lowest BCUT2D eigenvalue weighted by Gasteiger charge is -2.15. The molecule has 1 aromatic carbocycles. The van der Waals surface area contributed by atoms with Crippen LogP contribution in [-0.4, -0.2) is 25.8 Å². The fourth-order valence-corrected chi connectivity index (χ4v) is 2.70. The Hall–Kier alpha value is -2.56. The van der Waals surface area contributed by atoms with Crippen LogP contribution in [0.5, 0.6) is 0 Å². The fraction of sp³-hybridized carbons (Fsp3) is 0.294. The van der Waals surface area contributed by atoms with Gasteiger partial charge < -0.3 is 0 Å². The van der Waals surface area contributed by atoms with Crippen molar-refractivity contribution in [3.63, 3.8) is 0 Å². The Labute approximate surface area is 129 Å². The van der Waals surface area contributed by atoms with Crippen LogP contribution in [0, 0.1) is 0 Å². The minimum Gasteiger partial charge on any atom is -0.293 e. The summed E-state index contributed by atoms with van der Waals surface area (Å²) in [5.74, 6) is -0.00356. The second-order valence-corrected chi connectivity index (χ2v) is 5.37. The van der Waals surface area contributed by atoms with Crippen molar-refractivity contribution < 1.29 is 4.79 Å². The molecule has 2 aromatic heterocycles. The van der Waals surface area contributed by atoms with Gasteiger partial charge in [0.25, 0.3) is 0 Å². The van der Waals surface area contributed by atoms with Crippen molar-refractivity contribution >= 4 is 16.7 Å². The highest BCUT2D eigenvalue weighted by atomic mass is 16.1. The molecule has 2 heterocycles. The van der Waals surface area contributed by atoms with Crippen LogP contribution in [0.2, 0.25) is 0 Å². The first-order chi connectivity index (χ1) is 10.6. The number of aryl methyl sites for hydroxylation is 1. The maximum Gasteiger partial charge on any atom is 0.179 e. The maximum atomic E-state index is 11.9. The summed E-state index contributed by atoms with van der Waals surface area (Å²) in [4.78, 5) is 16.3. The van der Waals surface area contributed by atoms with Gasteiger partial charge in [-0.2, -0.15) is 0 Å². The van der Waals surface area contributed by atoms with Crippen LogP contribution < -0.4 is 0 Å². The van der Waals surface area contributed by atoms with Gasteiger partial charge >= 0.3 is 0 Å². The molecule has 112 valence electrons. The summed E-state index contributed by atoms with van der Waals surface area (Å²) in [6, 6.07) is 10.00. The smallest absolute Gasteiger partial charge is 0.179 e. The lowest BCUT2D eigenvalue weighted by Crippen LogP contribution is -2.15. The molecule has 0 N–H and O–H groups in total. The second-order valence-electron chi connectivity index (χ2n) is 5.37. The zero-order valence-corrected chi connectivity index (χ0v) is 12.9. The first-order valence-electron chi connectivity index (χ1n) is 7.41. The first kappa shape index (κ1) is 14.4. The van der Waals surface area contributed by atoms with E-state index in [1.807, 2.05) is 38.1 Å². The van der Waals surface area contributed by atoms with E-state index < -0.39 is 0 Å². The Kier molecular flexibility index (Phi) is 3.71. The Morgan fingerprint density at radius 2 is 2.14 bits per heavy atom. The van der Waals surface area contributed by atoms with Crippen molar-refractivity contribution in [2.75, 3.05) is 0 Å². The summed E-state index contributed by atoms with van der Waals surface area (Å²) in [7, 11) is 0. The van der Waals surface area contributed by atoms with Gasteiger partial charge in [0.05, 0.1) is 17.3 Å². The molecule has 0 spiro atoms. The Morgan fingerprint density at radius 1 is 1.32 bits per heavy atom. The molecule has 22 heavy (non-hydrogen) atoms. The van der Waals surface area contributed by atoms with Crippen LogP contribution in [0.15, 0.2) is 36.5 Å². The van der Waals surface area contributed by atoms with Crippen molar-refractivity contribution in [1.82, 2.24) is 20.0 Å². The van der Waals surface area contributed by atoms with Crippen molar-refractivity contribution in [3.8, 4) is 0 Å². The normalized spacial score (nSPS) is 12.5. The van der Waals surface area contributed by atoms with Crippen LogP contribution in [0.3, 0.4) is 0 Å². The number of aromatic nitrogens is 4. The molecule has 3 rings (SSSR count). The summed E-state index contributed by atoms with van der Waals surface area (Å²) in [5, 5.41) is 9.42. The molecule has 1 unspecified atom stereocenters. The molecule has 0 bridgehead atoms. The number of fused-ring (bicyclic) bond motifs is 1. The highest BCUT2D eigenvalue weighted by molar-refractivity contribution is 5.93. The molecular formula is C17H18N4O. The number of carbonyl (C=O) groups is 1. The number of hydrogen-bond acceptors (Lipinski definition) is 4. The van der Waals surface area contributed by atoms with Gasteiger partial charge in [-0.05, 0) is 37.1 Å². The lowest BCUT2D eigenvalue weighted by atomic mass is 10.0. The van der Waals surface area contributed by atoms with Crippen LogP contribution >= 0.6 is 0 Å². The number of nitrogens with zero attached hydrogens (tertiary/aromatic N) is 4. The predicted molar refractivity (Wildman–Crippen MR) is 85.0 cm³/mol. The van der Waals surface area contributed by atoms with E-state index in [0.29, 0.717) is 12.1 Å². The number of benzene rings is 1.